The first kappa shape index (κ1) is 22.6. The molecule has 1 amide bonds. The highest BCUT2D eigenvalue weighted by molar-refractivity contribution is 7.89. The number of fused-ring (bicyclic) bond motifs is 1. The van der Waals surface area contributed by atoms with Crippen LogP contribution in [0.1, 0.15) is 12.5 Å². The minimum atomic E-state index is -3.86. The van der Waals surface area contributed by atoms with Crippen molar-refractivity contribution in [3.8, 4) is 11.5 Å². The van der Waals surface area contributed by atoms with Crippen LogP contribution in [-0.4, -0.2) is 57.5 Å². The topological polar surface area (TPSA) is 111 Å². The van der Waals surface area contributed by atoms with E-state index in [0.717, 1.165) is 9.87 Å². The second kappa shape index (κ2) is 9.36. The van der Waals surface area contributed by atoms with Gasteiger partial charge in [-0.05, 0) is 38.1 Å². The zero-order chi connectivity index (χ0) is 22.6. The minimum absolute atomic E-state index is 0.0674. The third kappa shape index (κ3) is 5.53. The van der Waals surface area contributed by atoms with Crippen LogP contribution in [0.2, 0.25) is 0 Å². The van der Waals surface area contributed by atoms with Crippen molar-refractivity contribution in [2.75, 3.05) is 32.1 Å². The van der Waals surface area contributed by atoms with E-state index >= 15 is 0 Å². The van der Waals surface area contributed by atoms with Crippen LogP contribution in [0.4, 0.5) is 5.69 Å². The Labute approximate surface area is 181 Å². The van der Waals surface area contributed by atoms with Gasteiger partial charge in [-0.2, -0.15) is 4.31 Å². The number of aryl methyl sites for hydroxylation is 1. The summed E-state index contributed by atoms with van der Waals surface area (Å²) in [6.07, 6.45) is -1.13. The highest BCUT2D eigenvalue weighted by Gasteiger charge is 2.26. The van der Waals surface area contributed by atoms with Crippen molar-refractivity contribution in [3.05, 3.63) is 48.0 Å². The van der Waals surface area contributed by atoms with E-state index in [2.05, 4.69) is 5.32 Å². The first-order valence-electron chi connectivity index (χ1n) is 9.60. The van der Waals surface area contributed by atoms with E-state index in [0.29, 0.717) is 30.4 Å². The molecule has 1 aliphatic rings. The van der Waals surface area contributed by atoms with Crippen molar-refractivity contribution in [2.45, 2.75) is 24.8 Å². The summed E-state index contributed by atoms with van der Waals surface area (Å²) < 4.78 is 42.0. The predicted octanol–water partition coefficient (Wildman–Crippen LogP) is 1.96. The first-order valence-corrected chi connectivity index (χ1v) is 11.0. The quantitative estimate of drug-likeness (QED) is 0.645. The summed E-state index contributed by atoms with van der Waals surface area (Å²) in [5, 5.41) is 2.63. The molecule has 0 fully saturated rings. The Morgan fingerprint density at radius 2 is 1.74 bits per heavy atom. The number of likely N-dealkylation sites (N-methyl/N-ethyl adjacent to an activating group) is 1. The molecular formula is C21H24N2O7S. The fourth-order valence-electron chi connectivity index (χ4n) is 2.81. The number of nitrogens with one attached hydrogen (secondary N) is 1. The Balaban J connectivity index is 1.55. The number of esters is 1. The molecule has 166 valence electrons. The first-order chi connectivity index (χ1) is 14.7. The number of carbonyl (C=O) groups is 2. The molecule has 3 rings (SSSR count). The smallest absolute Gasteiger partial charge is 0.322 e. The maximum atomic E-state index is 12.6. The van der Waals surface area contributed by atoms with Gasteiger partial charge in [-0.15, -0.1) is 0 Å². The summed E-state index contributed by atoms with van der Waals surface area (Å²) in [4.78, 5) is 24.6. The molecule has 2 aromatic rings. The van der Waals surface area contributed by atoms with Crippen LogP contribution < -0.4 is 14.8 Å². The van der Waals surface area contributed by atoms with Crippen LogP contribution in [-0.2, 0) is 24.3 Å². The summed E-state index contributed by atoms with van der Waals surface area (Å²) in [6.45, 7) is 3.59. The number of anilines is 1. The standard InChI is InChI=1S/C21H24N2O7S/c1-14-4-7-17(8-5-14)31(26,27)23(3)13-20(24)30-15(2)21(25)22-16-6-9-18-19(12-16)29-11-10-28-18/h4-9,12,15H,10-11,13H2,1-3H3,(H,22,25)/t15-/m1/s1. The molecule has 0 unspecified atom stereocenters. The van der Waals surface area contributed by atoms with Gasteiger partial charge < -0.3 is 19.5 Å². The molecule has 1 heterocycles. The molecule has 2 aromatic carbocycles. The van der Waals surface area contributed by atoms with Gasteiger partial charge in [0.2, 0.25) is 10.0 Å². The molecule has 31 heavy (non-hydrogen) atoms. The number of benzene rings is 2. The third-order valence-electron chi connectivity index (χ3n) is 4.57. The van der Waals surface area contributed by atoms with Gasteiger partial charge in [-0.1, -0.05) is 17.7 Å². The molecule has 1 aliphatic heterocycles. The Kier molecular flexibility index (Phi) is 6.81. The van der Waals surface area contributed by atoms with Crippen LogP contribution in [0.5, 0.6) is 11.5 Å². The van der Waals surface area contributed by atoms with Gasteiger partial charge in [0.1, 0.15) is 19.8 Å². The normalized spacial score (nSPS) is 14.1. The van der Waals surface area contributed by atoms with Gasteiger partial charge in [-0.25, -0.2) is 8.42 Å². The lowest BCUT2D eigenvalue weighted by Crippen LogP contribution is -2.37. The molecular weight excluding hydrogens is 424 g/mol. The van der Waals surface area contributed by atoms with E-state index in [1.54, 1.807) is 30.3 Å². The van der Waals surface area contributed by atoms with Gasteiger partial charge in [0.25, 0.3) is 5.91 Å². The van der Waals surface area contributed by atoms with Crippen LogP contribution in [0.3, 0.4) is 0 Å². The van der Waals surface area contributed by atoms with Crippen molar-refractivity contribution >= 4 is 27.6 Å². The van der Waals surface area contributed by atoms with Gasteiger partial charge in [0.05, 0.1) is 4.90 Å². The number of nitrogens with zero attached hydrogens (tertiary/aromatic N) is 1. The molecule has 0 spiro atoms. The average molecular weight is 448 g/mol. The van der Waals surface area contributed by atoms with Crippen LogP contribution in [0.15, 0.2) is 47.4 Å². The van der Waals surface area contributed by atoms with Crippen LogP contribution in [0, 0.1) is 6.92 Å². The summed E-state index contributed by atoms with van der Waals surface area (Å²) in [5.74, 6) is -0.310. The van der Waals surface area contributed by atoms with E-state index < -0.39 is 34.5 Å². The number of sulfonamides is 1. The Morgan fingerprint density at radius 1 is 1.10 bits per heavy atom. The van der Waals surface area contributed by atoms with Gasteiger partial charge in [0.15, 0.2) is 17.6 Å². The molecule has 10 heteroatoms. The van der Waals surface area contributed by atoms with Crippen molar-refractivity contribution in [1.82, 2.24) is 4.31 Å². The maximum absolute atomic E-state index is 12.6. The second-order valence-electron chi connectivity index (χ2n) is 7.05. The number of rotatable bonds is 7. The molecule has 1 atom stereocenters. The van der Waals surface area contributed by atoms with Crippen molar-refractivity contribution in [2.24, 2.45) is 0 Å². The lowest BCUT2D eigenvalue weighted by molar-refractivity contribution is -0.153. The van der Waals surface area contributed by atoms with E-state index in [-0.39, 0.29) is 4.90 Å². The monoisotopic (exact) mass is 448 g/mol. The lowest BCUT2D eigenvalue weighted by Gasteiger charge is -2.20. The fourth-order valence-corrected chi connectivity index (χ4v) is 3.93. The summed E-state index contributed by atoms with van der Waals surface area (Å²) in [7, 11) is -2.58. The zero-order valence-electron chi connectivity index (χ0n) is 17.5. The molecule has 9 nitrogen and oxygen atoms in total. The van der Waals surface area contributed by atoms with E-state index in [1.807, 2.05) is 6.92 Å². The Morgan fingerprint density at radius 3 is 2.42 bits per heavy atom. The molecule has 0 saturated heterocycles. The van der Waals surface area contributed by atoms with Gasteiger partial charge in [0, 0.05) is 18.8 Å². The largest absolute Gasteiger partial charge is 0.486 e. The SMILES string of the molecule is Cc1ccc(S(=O)(=O)N(C)CC(=O)O[C@H](C)C(=O)Nc2ccc3c(c2)OCCO3)cc1. The van der Waals surface area contributed by atoms with Crippen LogP contribution >= 0.6 is 0 Å². The minimum Gasteiger partial charge on any atom is -0.486 e. The van der Waals surface area contributed by atoms with Gasteiger partial charge in [-0.3, -0.25) is 9.59 Å². The summed E-state index contributed by atoms with van der Waals surface area (Å²) in [6, 6.07) is 11.2. The summed E-state index contributed by atoms with van der Waals surface area (Å²) in [5.41, 5.74) is 1.37. The molecule has 0 bridgehead atoms. The number of carbonyl (C=O) groups excluding carboxylic acids is 2. The number of ether oxygens (including phenoxy) is 3. The molecule has 0 radical (unpaired) electrons. The van der Waals surface area contributed by atoms with Gasteiger partial charge >= 0.3 is 5.97 Å². The van der Waals surface area contributed by atoms with Crippen molar-refractivity contribution < 1.29 is 32.2 Å². The number of hydrogen-bond acceptors (Lipinski definition) is 7. The van der Waals surface area contributed by atoms with E-state index in [1.165, 1.54) is 26.1 Å². The number of amides is 1. The highest BCUT2D eigenvalue weighted by Crippen LogP contribution is 2.32. The highest BCUT2D eigenvalue weighted by atomic mass is 32.2. The fraction of sp³-hybridized carbons (Fsp3) is 0.333. The number of hydrogen-bond donors (Lipinski definition) is 1. The Bertz CT molecular complexity index is 1070. The summed E-state index contributed by atoms with van der Waals surface area (Å²) >= 11 is 0. The van der Waals surface area contributed by atoms with Crippen molar-refractivity contribution in [1.29, 1.82) is 0 Å². The molecule has 0 aliphatic carbocycles. The molecule has 1 N–H and O–H groups in total. The zero-order valence-corrected chi connectivity index (χ0v) is 18.3. The lowest BCUT2D eigenvalue weighted by atomic mass is 10.2. The maximum Gasteiger partial charge on any atom is 0.322 e. The van der Waals surface area contributed by atoms with E-state index in [9.17, 15) is 18.0 Å². The van der Waals surface area contributed by atoms with Crippen LogP contribution in [0.25, 0.3) is 0 Å². The molecule has 0 aromatic heterocycles. The average Bonchev–Trinajstić information content (AvgIpc) is 2.73. The third-order valence-corrected chi connectivity index (χ3v) is 6.39. The van der Waals surface area contributed by atoms with Crippen molar-refractivity contribution in [3.63, 3.8) is 0 Å². The molecule has 0 saturated carbocycles. The Hall–Kier alpha value is -3.11. The second-order valence-corrected chi connectivity index (χ2v) is 9.10. The predicted molar refractivity (Wildman–Crippen MR) is 113 cm³/mol. The van der Waals surface area contributed by atoms with E-state index in [4.69, 9.17) is 14.2 Å².